The van der Waals surface area contributed by atoms with Crippen LogP contribution in [0.5, 0.6) is 0 Å². The van der Waals surface area contributed by atoms with E-state index in [0.717, 1.165) is 5.69 Å². The van der Waals surface area contributed by atoms with Crippen molar-refractivity contribution in [3.8, 4) is 0 Å². The van der Waals surface area contributed by atoms with Crippen molar-refractivity contribution in [1.29, 1.82) is 0 Å². The normalized spacial score (nSPS) is 13.2. The summed E-state index contributed by atoms with van der Waals surface area (Å²) >= 11 is 0. The van der Waals surface area contributed by atoms with Gasteiger partial charge in [-0.25, -0.2) is 0 Å². The molecule has 6 heteroatoms. The Bertz CT molecular complexity index is 533. The van der Waals surface area contributed by atoms with Gasteiger partial charge in [0.2, 0.25) is 0 Å². The maximum Gasteiger partial charge on any atom is 0.359 e. The topological polar surface area (TPSA) is 60.7 Å². The fourth-order valence-corrected chi connectivity index (χ4v) is 3.07. The van der Waals surface area contributed by atoms with Gasteiger partial charge in [0.25, 0.3) is 0 Å². The Kier molecular flexibility index (Phi) is 4.43. The van der Waals surface area contributed by atoms with Crippen molar-refractivity contribution in [3.05, 3.63) is 54.5 Å². The van der Waals surface area contributed by atoms with E-state index in [4.69, 9.17) is 13.5 Å². The molecule has 0 saturated heterocycles. The molecule has 0 aliphatic rings. The van der Waals surface area contributed by atoms with Crippen molar-refractivity contribution < 1.29 is 18.0 Å². The monoisotopic (exact) mass is 281 g/mol. The smallest absolute Gasteiger partial charge is 0.359 e. The van der Waals surface area contributed by atoms with Crippen molar-refractivity contribution in [2.24, 2.45) is 0 Å². The van der Waals surface area contributed by atoms with Gasteiger partial charge in [0.05, 0.1) is 6.26 Å². The Balaban J connectivity index is 2.33. The van der Waals surface area contributed by atoms with E-state index >= 15 is 0 Å². The van der Waals surface area contributed by atoms with Crippen molar-refractivity contribution in [2.75, 3.05) is 19.5 Å². The summed E-state index contributed by atoms with van der Waals surface area (Å²) < 4.78 is 28.0. The average molecular weight is 281 g/mol. The lowest BCUT2D eigenvalue weighted by molar-refractivity contribution is 0.264. The number of para-hydroxylation sites is 1. The zero-order valence-electron chi connectivity index (χ0n) is 10.8. The molecule has 1 heterocycles. The van der Waals surface area contributed by atoms with Crippen LogP contribution >= 0.6 is 7.60 Å². The first-order valence-electron chi connectivity index (χ1n) is 5.76. The second-order valence-electron chi connectivity index (χ2n) is 3.83. The summed E-state index contributed by atoms with van der Waals surface area (Å²) in [6, 6.07) is 12.9. The van der Waals surface area contributed by atoms with Crippen LogP contribution in [0.25, 0.3) is 0 Å². The minimum Gasteiger partial charge on any atom is -0.466 e. The van der Waals surface area contributed by atoms with Crippen molar-refractivity contribution >= 4 is 13.3 Å². The van der Waals surface area contributed by atoms with Gasteiger partial charge >= 0.3 is 7.60 Å². The van der Waals surface area contributed by atoms with Gasteiger partial charge < -0.3 is 18.8 Å². The second kappa shape index (κ2) is 6.06. The maximum absolute atomic E-state index is 12.6. The van der Waals surface area contributed by atoms with E-state index in [-0.39, 0.29) is 0 Å². The molecule has 5 nitrogen and oxygen atoms in total. The third-order valence-electron chi connectivity index (χ3n) is 2.72. The van der Waals surface area contributed by atoms with E-state index in [0.29, 0.717) is 5.76 Å². The van der Waals surface area contributed by atoms with Crippen LogP contribution < -0.4 is 5.32 Å². The van der Waals surface area contributed by atoms with Gasteiger partial charge in [0.15, 0.2) is 5.78 Å². The van der Waals surface area contributed by atoms with Crippen LogP contribution in [-0.2, 0) is 13.6 Å². The Morgan fingerprint density at radius 1 is 1.11 bits per heavy atom. The van der Waals surface area contributed by atoms with Crippen LogP contribution in [0.2, 0.25) is 0 Å². The summed E-state index contributed by atoms with van der Waals surface area (Å²) in [5.74, 6) is -0.198. The molecular formula is C13H16NO4P. The molecule has 1 atom stereocenters. The molecule has 1 N–H and O–H groups in total. The third kappa shape index (κ3) is 3.07. The minimum atomic E-state index is -3.35. The predicted octanol–water partition coefficient (Wildman–Crippen LogP) is 3.88. The molecule has 102 valence electrons. The van der Waals surface area contributed by atoms with Gasteiger partial charge in [-0.15, -0.1) is 0 Å². The molecule has 0 aliphatic carbocycles. The Hall–Kier alpha value is -1.55. The van der Waals surface area contributed by atoms with Crippen molar-refractivity contribution in [2.45, 2.75) is 5.78 Å². The fourth-order valence-electron chi connectivity index (χ4n) is 1.73. The largest absolute Gasteiger partial charge is 0.466 e. The Labute approximate surface area is 112 Å². The highest BCUT2D eigenvalue weighted by Gasteiger charge is 2.37. The highest BCUT2D eigenvalue weighted by molar-refractivity contribution is 7.54. The number of rotatable bonds is 6. The molecule has 0 spiro atoms. The number of furan rings is 1. The standard InChI is InChI=1S/C13H16NO4P/c1-16-19(15,17-2)13(12-9-6-10-18-12)14-11-7-4-3-5-8-11/h3-10,13-14H,1-2H3. The summed E-state index contributed by atoms with van der Waals surface area (Å²) in [5, 5.41) is 3.12. The van der Waals surface area contributed by atoms with Crippen LogP contribution in [0.3, 0.4) is 0 Å². The summed E-state index contributed by atoms with van der Waals surface area (Å²) in [6.07, 6.45) is 1.52. The molecule has 0 aliphatic heterocycles. The molecular weight excluding hydrogens is 265 g/mol. The third-order valence-corrected chi connectivity index (χ3v) is 4.75. The number of hydrogen-bond donors (Lipinski definition) is 1. The molecule has 1 aromatic carbocycles. The van der Waals surface area contributed by atoms with Crippen LogP contribution in [-0.4, -0.2) is 14.2 Å². The van der Waals surface area contributed by atoms with E-state index in [1.165, 1.54) is 20.5 Å². The molecule has 0 amide bonds. The molecule has 0 bridgehead atoms. The van der Waals surface area contributed by atoms with E-state index in [2.05, 4.69) is 5.32 Å². The van der Waals surface area contributed by atoms with Crippen LogP contribution in [0.15, 0.2) is 53.1 Å². The lowest BCUT2D eigenvalue weighted by Crippen LogP contribution is -2.12. The Morgan fingerprint density at radius 3 is 2.32 bits per heavy atom. The quantitative estimate of drug-likeness (QED) is 0.814. The van der Waals surface area contributed by atoms with Gasteiger partial charge in [-0.05, 0) is 24.3 Å². The molecule has 2 aromatic rings. The van der Waals surface area contributed by atoms with E-state index < -0.39 is 13.4 Å². The summed E-state index contributed by atoms with van der Waals surface area (Å²) in [4.78, 5) is 0. The number of hydrogen-bond acceptors (Lipinski definition) is 5. The molecule has 0 fully saturated rings. The molecule has 1 unspecified atom stereocenters. The maximum atomic E-state index is 12.6. The molecule has 0 saturated carbocycles. The van der Waals surface area contributed by atoms with Gasteiger partial charge in [-0.3, -0.25) is 4.57 Å². The first-order chi connectivity index (χ1) is 9.19. The van der Waals surface area contributed by atoms with Gasteiger partial charge in [0, 0.05) is 19.9 Å². The van der Waals surface area contributed by atoms with Gasteiger partial charge in [-0.2, -0.15) is 0 Å². The van der Waals surface area contributed by atoms with Gasteiger partial charge in [-0.1, -0.05) is 18.2 Å². The first kappa shape index (κ1) is 13.9. The van der Waals surface area contributed by atoms with Gasteiger partial charge in [0.1, 0.15) is 5.76 Å². The first-order valence-corrected chi connectivity index (χ1v) is 7.37. The Morgan fingerprint density at radius 2 is 1.79 bits per heavy atom. The SMILES string of the molecule is COP(=O)(OC)C(Nc1ccccc1)c1ccco1. The molecule has 2 rings (SSSR count). The summed E-state index contributed by atoms with van der Waals surface area (Å²) in [5.41, 5.74) is 0.804. The lowest BCUT2D eigenvalue weighted by atomic mass is 10.3. The fraction of sp³-hybridized carbons (Fsp3) is 0.231. The number of anilines is 1. The molecule has 19 heavy (non-hydrogen) atoms. The summed E-state index contributed by atoms with van der Waals surface area (Å²) in [6.45, 7) is 0. The highest BCUT2D eigenvalue weighted by atomic mass is 31.2. The van der Waals surface area contributed by atoms with Crippen molar-refractivity contribution in [1.82, 2.24) is 0 Å². The van der Waals surface area contributed by atoms with Crippen molar-refractivity contribution in [3.63, 3.8) is 0 Å². The number of nitrogens with one attached hydrogen (secondary N) is 1. The zero-order valence-corrected chi connectivity index (χ0v) is 11.7. The predicted molar refractivity (Wildman–Crippen MR) is 73.1 cm³/mol. The molecule has 1 aromatic heterocycles. The minimum absolute atomic E-state index is 0.496. The highest BCUT2D eigenvalue weighted by Crippen LogP contribution is 2.59. The zero-order chi connectivity index (χ0) is 13.7. The lowest BCUT2D eigenvalue weighted by Gasteiger charge is -2.24. The summed E-state index contributed by atoms with van der Waals surface area (Å²) in [7, 11) is -0.642. The molecule has 0 radical (unpaired) electrons. The van der Waals surface area contributed by atoms with E-state index in [1.807, 2.05) is 30.3 Å². The van der Waals surface area contributed by atoms with E-state index in [1.54, 1.807) is 12.1 Å². The second-order valence-corrected chi connectivity index (χ2v) is 6.16. The van der Waals surface area contributed by atoms with E-state index in [9.17, 15) is 4.57 Å². The average Bonchev–Trinajstić information content (AvgIpc) is 2.99. The van der Waals surface area contributed by atoms with Crippen LogP contribution in [0, 0.1) is 0 Å². The van der Waals surface area contributed by atoms with Crippen LogP contribution in [0.4, 0.5) is 5.69 Å². The number of benzene rings is 1. The van der Waals surface area contributed by atoms with Crippen LogP contribution in [0.1, 0.15) is 11.5 Å².